The highest BCUT2D eigenvalue weighted by Crippen LogP contribution is 2.40. The van der Waals surface area contributed by atoms with Gasteiger partial charge in [-0.25, -0.2) is 4.98 Å². The maximum Gasteiger partial charge on any atom is 0.262 e. The van der Waals surface area contributed by atoms with Crippen molar-refractivity contribution in [1.29, 1.82) is 0 Å². The maximum atomic E-state index is 6.54. The molecule has 0 saturated heterocycles. The Labute approximate surface area is 449 Å². The van der Waals surface area contributed by atoms with Crippen molar-refractivity contribution in [3.05, 3.63) is 279 Å². The van der Waals surface area contributed by atoms with E-state index in [9.17, 15) is 0 Å². The van der Waals surface area contributed by atoms with Crippen LogP contribution in [0, 0.1) is 0 Å². The molecule has 0 radical (unpaired) electrons. The predicted molar refractivity (Wildman–Crippen MR) is 320 cm³/mol. The first kappa shape index (κ1) is 45.0. The van der Waals surface area contributed by atoms with Gasteiger partial charge in [0.15, 0.2) is 8.07 Å². The molecule has 10 aromatic carbocycles. The van der Waals surface area contributed by atoms with E-state index in [2.05, 4.69) is 254 Å². The van der Waals surface area contributed by atoms with Gasteiger partial charge in [0.2, 0.25) is 5.88 Å². The normalized spacial score (nSPS) is 14.3. The van der Waals surface area contributed by atoms with Crippen LogP contribution in [0.4, 0.5) is 0 Å². The molecule has 3 aliphatic rings. The Hall–Kier alpha value is -9.49. The topological polar surface area (TPSA) is 44.5 Å². The third kappa shape index (κ3) is 7.63. The molecule has 1 atom stereocenters. The SMILES string of the molecule is C1=CC(c2cccc(-c3cccc(-c4cccc(-c5ccc6oc7ccc(-c8ccc9c(c8)Oc8nccc%10c8B9c8ccccc8O%10)cc7c6c5)c4)c3)c2)=CC([Si](c2ccccc2)(c2ccccc2)c2ccccc2)C1. The molecule has 0 spiro atoms. The smallest absolute Gasteiger partial charge is 0.262 e. The summed E-state index contributed by atoms with van der Waals surface area (Å²) >= 11 is 0. The van der Waals surface area contributed by atoms with Gasteiger partial charge >= 0.3 is 0 Å². The van der Waals surface area contributed by atoms with Crippen LogP contribution >= 0.6 is 0 Å². The van der Waals surface area contributed by atoms with E-state index < -0.39 is 8.07 Å². The third-order valence-electron chi connectivity index (χ3n) is 16.2. The molecule has 1 aliphatic carbocycles. The van der Waals surface area contributed by atoms with Gasteiger partial charge in [0.25, 0.3) is 6.71 Å². The van der Waals surface area contributed by atoms with E-state index >= 15 is 0 Å². The number of nitrogens with zero attached hydrogens (tertiary/aromatic N) is 1. The second-order valence-corrected chi connectivity index (χ2v) is 24.6. The lowest BCUT2D eigenvalue weighted by Crippen LogP contribution is -2.69. The monoisotopic (exact) mass is 1000 g/mol. The van der Waals surface area contributed by atoms with Crippen LogP contribution in [-0.2, 0) is 0 Å². The minimum Gasteiger partial charge on any atom is -0.458 e. The predicted octanol–water partition coefficient (Wildman–Crippen LogP) is 14.3. The number of furan rings is 1. The summed E-state index contributed by atoms with van der Waals surface area (Å²) < 4.78 is 19.3. The first-order chi connectivity index (χ1) is 38.1. The number of aromatic nitrogens is 1. The summed E-state index contributed by atoms with van der Waals surface area (Å²) in [6.45, 7) is -0.0266. The van der Waals surface area contributed by atoms with E-state index in [4.69, 9.17) is 13.9 Å². The van der Waals surface area contributed by atoms with Gasteiger partial charge in [-0.05, 0) is 155 Å². The largest absolute Gasteiger partial charge is 0.458 e. The fourth-order valence-electron chi connectivity index (χ4n) is 12.6. The summed E-state index contributed by atoms with van der Waals surface area (Å²) in [5.41, 5.74) is 16.8. The Morgan fingerprint density at radius 1 is 0.403 bits per heavy atom. The number of hydrogen-bond donors (Lipinski definition) is 0. The number of fused-ring (bicyclic) bond motifs is 7. The van der Waals surface area contributed by atoms with Crippen LogP contribution in [0.2, 0.25) is 5.54 Å². The lowest BCUT2D eigenvalue weighted by atomic mass is 9.35. The van der Waals surface area contributed by atoms with Crippen molar-refractivity contribution in [1.82, 2.24) is 4.98 Å². The molecule has 0 amide bonds. The molecule has 0 saturated carbocycles. The van der Waals surface area contributed by atoms with E-state index in [0.717, 1.165) is 89.8 Å². The Bertz CT molecular complexity index is 4240. The van der Waals surface area contributed by atoms with Gasteiger partial charge in [-0.1, -0.05) is 206 Å². The summed E-state index contributed by atoms with van der Waals surface area (Å²) in [5, 5.41) is 6.44. The van der Waals surface area contributed by atoms with Crippen LogP contribution in [0.3, 0.4) is 0 Å². The van der Waals surface area contributed by atoms with E-state index in [0.29, 0.717) is 11.4 Å². The molecule has 1 unspecified atom stereocenters. The van der Waals surface area contributed by atoms with Gasteiger partial charge in [-0.2, -0.15) is 0 Å². The molecule has 6 heteroatoms. The minimum absolute atomic E-state index is 0.0266. The van der Waals surface area contributed by atoms with Crippen LogP contribution in [0.5, 0.6) is 23.1 Å². The standard InChI is InChI=1S/C71H48BNO3Si/c1-4-23-57(24-5-1)77(58-25-6-2-7-26-58,59-27-8-3-9-28-59)60-29-15-22-53(43-60)51-20-13-18-49(41-51)47-16-12-17-48(40-47)50-19-14-21-52(42-50)54-33-36-65-61(44-54)62-45-55(34-37-66(62)74-65)56-32-35-64-69(46-56)76-71-70-68(38-39-73-71)75-67-31-11-10-30-63(67)72(64)70/h1-28,30-46,60H,29H2. The number of benzene rings is 10. The molecule has 362 valence electrons. The lowest BCUT2D eigenvalue weighted by Gasteiger charge is -2.40. The Kier molecular flexibility index (Phi) is 10.7. The lowest BCUT2D eigenvalue weighted by molar-refractivity contribution is 0.450. The summed E-state index contributed by atoms with van der Waals surface area (Å²) in [7, 11) is -2.55. The van der Waals surface area contributed by atoms with Crippen LogP contribution in [-0.4, -0.2) is 19.8 Å². The number of ether oxygens (including phenoxy) is 2. The molecule has 0 bridgehead atoms. The third-order valence-corrected chi connectivity index (χ3v) is 21.5. The van der Waals surface area contributed by atoms with Crippen LogP contribution in [0.1, 0.15) is 12.0 Å². The number of allylic oxidation sites excluding steroid dienone is 4. The first-order valence-electron chi connectivity index (χ1n) is 26.5. The summed E-state index contributed by atoms with van der Waals surface area (Å²) in [5.74, 6) is 3.05. The van der Waals surface area contributed by atoms with Crippen molar-refractivity contribution in [2.45, 2.75) is 12.0 Å². The number of para-hydroxylation sites is 1. The average molecular weight is 1000 g/mol. The summed E-state index contributed by atoms with van der Waals surface area (Å²) in [6.07, 6.45) is 10.1. The van der Waals surface area contributed by atoms with Crippen LogP contribution in [0.15, 0.2) is 278 Å². The van der Waals surface area contributed by atoms with Crippen molar-refractivity contribution >= 4 is 74.2 Å². The van der Waals surface area contributed by atoms with Crippen LogP contribution in [0.25, 0.3) is 72.0 Å². The summed E-state index contributed by atoms with van der Waals surface area (Å²) in [4.78, 5) is 4.66. The Morgan fingerprint density at radius 2 is 0.896 bits per heavy atom. The molecule has 77 heavy (non-hydrogen) atoms. The molecule has 4 nitrogen and oxygen atoms in total. The van der Waals surface area contributed by atoms with Crippen molar-refractivity contribution in [3.8, 4) is 67.6 Å². The Balaban J connectivity index is 0.733. The van der Waals surface area contributed by atoms with Crippen molar-refractivity contribution in [3.63, 3.8) is 0 Å². The van der Waals surface area contributed by atoms with E-state index in [1.807, 2.05) is 18.2 Å². The van der Waals surface area contributed by atoms with E-state index in [1.54, 1.807) is 6.20 Å². The molecule has 2 aliphatic heterocycles. The molecule has 0 N–H and O–H groups in total. The van der Waals surface area contributed by atoms with E-state index in [1.165, 1.54) is 43.4 Å². The zero-order valence-electron chi connectivity index (χ0n) is 42.0. The number of pyridine rings is 1. The second kappa shape index (κ2) is 18.4. The molecule has 4 heterocycles. The van der Waals surface area contributed by atoms with Gasteiger partial charge in [-0.3, -0.25) is 0 Å². The maximum absolute atomic E-state index is 6.54. The molecule has 15 rings (SSSR count). The highest BCUT2D eigenvalue weighted by molar-refractivity contribution is 7.12. The van der Waals surface area contributed by atoms with Gasteiger partial charge in [-0.15, -0.1) is 0 Å². The molecular weight excluding hydrogens is 954 g/mol. The molecule has 0 fully saturated rings. The highest BCUT2D eigenvalue weighted by Gasteiger charge is 2.46. The van der Waals surface area contributed by atoms with Crippen molar-refractivity contribution < 1.29 is 13.9 Å². The fourth-order valence-corrected chi connectivity index (χ4v) is 18.0. The van der Waals surface area contributed by atoms with Gasteiger partial charge < -0.3 is 13.9 Å². The number of hydrogen-bond acceptors (Lipinski definition) is 4. The average Bonchev–Trinajstić information content (AvgIpc) is 3.90. The van der Waals surface area contributed by atoms with Crippen molar-refractivity contribution in [2.24, 2.45) is 0 Å². The van der Waals surface area contributed by atoms with Crippen LogP contribution < -0.4 is 41.4 Å². The van der Waals surface area contributed by atoms with E-state index in [-0.39, 0.29) is 6.71 Å². The highest BCUT2D eigenvalue weighted by atomic mass is 28.3. The van der Waals surface area contributed by atoms with Gasteiger partial charge in [0.05, 0.1) is 0 Å². The fraction of sp³-hybridized carbons (Fsp3) is 0.0282. The molecule has 2 aromatic heterocycles. The zero-order valence-corrected chi connectivity index (χ0v) is 43.0. The second-order valence-electron chi connectivity index (χ2n) is 20.5. The zero-order chi connectivity index (χ0) is 50.9. The molecular formula is C71H48BNO3Si. The summed E-state index contributed by atoms with van der Waals surface area (Å²) in [6, 6.07) is 90.6. The minimum atomic E-state index is -2.55. The quantitative estimate of drug-likeness (QED) is 0.107. The van der Waals surface area contributed by atoms with Crippen molar-refractivity contribution in [2.75, 3.05) is 0 Å². The first-order valence-corrected chi connectivity index (χ1v) is 28.6. The van der Waals surface area contributed by atoms with Gasteiger partial charge in [0, 0.05) is 22.4 Å². The Morgan fingerprint density at radius 3 is 1.49 bits per heavy atom. The number of rotatable bonds is 9. The molecule has 12 aromatic rings. The van der Waals surface area contributed by atoms with Gasteiger partial charge in [0.1, 0.15) is 28.4 Å².